The molecule has 0 saturated heterocycles. The molecule has 2 aromatic rings. The van der Waals surface area contributed by atoms with Gasteiger partial charge in [-0.25, -0.2) is 4.98 Å². The minimum atomic E-state index is -4.77. The molecule has 2 heterocycles. The second kappa shape index (κ2) is 7.47. The van der Waals surface area contributed by atoms with Crippen LogP contribution in [0, 0.1) is 10.8 Å². The van der Waals surface area contributed by atoms with Crippen LogP contribution in [0.3, 0.4) is 0 Å². The van der Waals surface area contributed by atoms with E-state index in [0.29, 0.717) is 53.4 Å². The quantitative estimate of drug-likeness (QED) is 0.461. The van der Waals surface area contributed by atoms with Crippen molar-refractivity contribution in [3.63, 3.8) is 0 Å². The average Bonchev–Trinajstić information content (AvgIpc) is 2.67. The summed E-state index contributed by atoms with van der Waals surface area (Å²) >= 11 is 0. The van der Waals surface area contributed by atoms with Gasteiger partial charge in [0.25, 0.3) is 0 Å². The van der Waals surface area contributed by atoms with Crippen molar-refractivity contribution in [1.82, 2.24) is 9.88 Å². The van der Waals surface area contributed by atoms with E-state index >= 15 is 0 Å². The van der Waals surface area contributed by atoms with Crippen LogP contribution in [0.15, 0.2) is 17.8 Å². The van der Waals surface area contributed by atoms with Crippen molar-refractivity contribution in [1.29, 1.82) is 10.8 Å². The van der Waals surface area contributed by atoms with Crippen molar-refractivity contribution in [2.24, 2.45) is 5.73 Å². The normalized spacial score (nSPS) is 15.9. The Hall–Kier alpha value is -2.94. The lowest BCUT2D eigenvalue weighted by Crippen LogP contribution is -2.37. The molecule has 0 fully saturated rings. The fourth-order valence-electron chi connectivity index (χ4n) is 3.75. The van der Waals surface area contributed by atoms with Crippen LogP contribution in [-0.2, 0) is 13.0 Å². The highest BCUT2D eigenvalue weighted by molar-refractivity contribution is 6.11. The molecule has 6 nitrogen and oxygen atoms in total. The Morgan fingerprint density at radius 2 is 1.93 bits per heavy atom. The van der Waals surface area contributed by atoms with E-state index in [4.69, 9.17) is 22.3 Å². The highest BCUT2D eigenvalue weighted by Crippen LogP contribution is 2.37. The summed E-state index contributed by atoms with van der Waals surface area (Å²) in [6.07, 6.45) is -2.45. The summed E-state index contributed by atoms with van der Waals surface area (Å²) in [5.41, 5.74) is 12.4. The van der Waals surface area contributed by atoms with Crippen molar-refractivity contribution in [3.05, 3.63) is 40.2 Å². The number of nitrogens with two attached hydrogens (primary N) is 2. The molecule has 29 heavy (non-hydrogen) atoms. The number of hydrogen-bond acceptors (Lipinski definition) is 6. The number of aromatic nitrogens is 1. The highest BCUT2D eigenvalue weighted by Gasteiger charge is 2.36. The summed E-state index contributed by atoms with van der Waals surface area (Å²) in [4.78, 5) is 6.59. The Balaban J connectivity index is 2.43. The molecule has 154 valence electrons. The molecule has 1 aliphatic rings. The van der Waals surface area contributed by atoms with Crippen LogP contribution in [0.4, 0.5) is 18.9 Å². The van der Waals surface area contributed by atoms with Gasteiger partial charge in [0.2, 0.25) is 0 Å². The van der Waals surface area contributed by atoms with Crippen LogP contribution >= 0.6 is 0 Å². The van der Waals surface area contributed by atoms with Crippen molar-refractivity contribution in [2.45, 2.75) is 39.0 Å². The standard InChI is InChI=1S/C20H23F3N6/c1-10(2)29-6-5-11-14(9-29)18(13(8-25)19(27)20(21,22)23)28-16-4-3-15(26)12(7-24)17(11)16/h3-4,7-8,10,24-25H,5-6,9,26-27H2,1-2H3. The number of allylic oxidation sites excluding steroid dienone is 2. The van der Waals surface area contributed by atoms with Gasteiger partial charge in [-0.1, -0.05) is 0 Å². The lowest BCUT2D eigenvalue weighted by atomic mass is 9.88. The molecule has 0 unspecified atom stereocenters. The summed E-state index contributed by atoms with van der Waals surface area (Å²) in [6.45, 7) is 5.11. The van der Waals surface area contributed by atoms with E-state index in [2.05, 4.69) is 9.88 Å². The molecule has 1 aliphatic heterocycles. The van der Waals surface area contributed by atoms with Gasteiger partial charge in [-0.3, -0.25) is 4.90 Å². The van der Waals surface area contributed by atoms with Gasteiger partial charge in [-0.2, -0.15) is 13.2 Å². The van der Waals surface area contributed by atoms with Gasteiger partial charge in [0, 0.05) is 53.8 Å². The van der Waals surface area contributed by atoms with Crippen LogP contribution in [0.25, 0.3) is 16.5 Å². The predicted octanol–water partition coefficient (Wildman–Crippen LogP) is 3.46. The SMILES string of the molecule is CC(C)N1CCc2c(c(C(C=N)=C(N)C(F)(F)F)nc3ccc(N)c(C=N)c23)C1. The summed E-state index contributed by atoms with van der Waals surface area (Å²) in [5, 5.41) is 16.0. The number of hydrogen-bond donors (Lipinski definition) is 4. The molecule has 0 atom stereocenters. The van der Waals surface area contributed by atoms with Crippen molar-refractivity contribution >= 4 is 34.6 Å². The van der Waals surface area contributed by atoms with E-state index < -0.39 is 17.4 Å². The minimum Gasteiger partial charge on any atom is -0.398 e. The maximum Gasteiger partial charge on any atom is 0.431 e. The smallest absolute Gasteiger partial charge is 0.398 e. The number of nitrogens with one attached hydrogen (secondary N) is 2. The van der Waals surface area contributed by atoms with E-state index in [-0.39, 0.29) is 11.7 Å². The van der Waals surface area contributed by atoms with E-state index in [9.17, 15) is 13.2 Å². The van der Waals surface area contributed by atoms with Crippen LogP contribution in [0.1, 0.15) is 36.2 Å². The number of nitrogen functional groups attached to an aromatic ring is 1. The molecule has 0 amide bonds. The van der Waals surface area contributed by atoms with Crippen LogP contribution in [-0.4, -0.2) is 41.1 Å². The van der Waals surface area contributed by atoms with E-state index in [0.717, 1.165) is 11.8 Å². The summed E-state index contributed by atoms with van der Waals surface area (Å²) in [6, 6.07) is 3.39. The number of halogens is 3. The number of benzene rings is 1. The number of anilines is 1. The van der Waals surface area contributed by atoms with Crippen LogP contribution < -0.4 is 11.5 Å². The molecular weight excluding hydrogens is 381 g/mol. The van der Waals surface area contributed by atoms with E-state index in [1.54, 1.807) is 12.1 Å². The van der Waals surface area contributed by atoms with Gasteiger partial charge in [0.1, 0.15) is 5.70 Å². The molecule has 3 rings (SSSR count). The van der Waals surface area contributed by atoms with Gasteiger partial charge in [0.15, 0.2) is 0 Å². The number of alkyl halides is 3. The molecule has 0 saturated carbocycles. The predicted molar refractivity (Wildman–Crippen MR) is 109 cm³/mol. The van der Waals surface area contributed by atoms with Gasteiger partial charge < -0.3 is 22.3 Å². The molecule has 1 aromatic heterocycles. The number of pyridine rings is 1. The Morgan fingerprint density at radius 3 is 2.48 bits per heavy atom. The first-order valence-corrected chi connectivity index (χ1v) is 9.16. The molecule has 0 bridgehead atoms. The first kappa shape index (κ1) is 20.8. The van der Waals surface area contributed by atoms with E-state index in [1.807, 2.05) is 13.8 Å². The Bertz CT molecular complexity index is 1020. The highest BCUT2D eigenvalue weighted by atomic mass is 19.4. The average molecular weight is 404 g/mol. The summed E-state index contributed by atoms with van der Waals surface area (Å²) in [7, 11) is 0. The molecule has 0 spiro atoms. The Kier molecular flexibility index (Phi) is 5.36. The summed E-state index contributed by atoms with van der Waals surface area (Å²) < 4.78 is 40.0. The third kappa shape index (κ3) is 3.57. The van der Waals surface area contributed by atoms with Gasteiger partial charge in [-0.15, -0.1) is 0 Å². The maximum absolute atomic E-state index is 13.3. The van der Waals surface area contributed by atoms with Crippen molar-refractivity contribution in [2.75, 3.05) is 12.3 Å². The number of nitrogens with zero attached hydrogens (tertiary/aromatic N) is 2. The Labute approximate surface area is 166 Å². The maximum atomic E-state index is 13.3. The zero-order chi connectivity index (χ0) is 21.5. The largest absolute Gasteiger partial charge is 0.431 e. The number of rotatable bonds is 4. The lowest BCUT2D eigenvalue weighted by Gasteiger charge is -2.34. The zero-order valence-electron chi connectivity index (χ0n) is 16.2. The zero-order valence-corrected chi connectivity index (χ0v) is 16.2. The first-order chi connectivity index (χ1) is 13.6. The first-order valence-electron chi connectivity index (χ1n) is 9.16. The fourth-order valence-corrected chi connectivity index (χ4v) is 3.75. The molecule has 1 aromatic carbocycles. The van der Waals surface area contributed by atoms with Crippen molar-refractivity contribution < 1.29 is 13.2 Å². The minimum absolute atomic E-state index is 0.0587. The van der Waals surface area contributed by atoms with Crippen LogP contribution in [0.2, 0.25) is 0 Å². The molecule has 0 radical (unpaired) electrons. The molecule has 9 heteroatoms. The second-order valence-corrected chi connectivity index (χ2v) is 7.31. The van der Waals surface area contributed by atoms with Gasteiger partial charge in [0.05, 0.1) is 11.2 Å². The lowest BCUT2D eigenvalue weighted by molar-refractivity contribution is -0.0919. The Morgan fingerprint density at radius 1 is 1.24 bits per heavy atom. The third-order valence-corrected chi connectivity index (χ3v) is 5.32. The van der Waals surface area contributed by atoms with Gasteiger partial charge in [-0.05, 0) is 43.5 Å². The topological polar surface area (TPSA) is 116 Å². The fraction of sp³-hybridized carbons (Fsp3) is 0.350. The van der Waals surface area contributed by atoms with Crippen molar-refractivity contribution in [3.8, 4) is 0 Å². The summed E-state index contributed by atoms with van der Waals surface area (Å²) in [5.74, 6) is 0. The molecule has 6 N–H and O–H groups in total. The van der Waals surface area contributed by atoms with E-state index in [1.165, 1.54) is 0 Å². The van der Waals surface area contributed by atoms with Crippen LogP contribution in [0.5, 0.6) is 0 Å². The monoisotopic (exact) mass is 404 g/mol. The molecule has 0 aliphatic carbocycles. The van der Waals surface area contributed by atoms with Gasteiger partial charge >= 0.3 is 6.18 Å². The third-order valence-electron chi connectivity index (χ3n) is 5.32. The molecular formula is C20H23F3N6. The number of fused-ring (bicyclic) bond motifs is 3. The second-order valence-electron chi connectivity index (χ2n) is 7.31.